The normalized spacial score (nSPS) is 9.00. The molecule has 0 spiro atoms. The quantitative estimate of drug-likeness (QED) is 0.368. The Hall–Kier alpha value is -0.730. The first-order valence-corrected chi connectivity index (χ1v) is 5.26. The summed E-state index contributed by atoms with van der Waals surface area (Å²) in [4.78, 5) is 0. The van der Waals surface area contributed by atoms with Gasteiger partial charge >= 0.3 is 0 Å². The van der Waals surface area contributed by atoms with E-state index in [-0.39, 0.29) is 6.79 Å². The highest BCUT2D eigenvalue weighted by Gasteiger charge is 1.91. The summed E-state index contributed by atoms with van der Waals surface area (Å²) in [6.45, 7) is 2.69. The molecule has 14 heavy (non-hydrogen) atoms. The first-order chi connectivity index (χ1) is 6.83. The number of ether oxygens (including phenoxy) is 2. The summed E-state index contributed by atoms with van der Waals surface area (Å²) in [5, 5.41) is 0. The van der Waals surface area contributed by atoms with Gasteiger partial charge in [-0.15, -0.1) is 0 Å². The molecular formula is C11H11IO2. The van der Waals surface area contributed by atoms with Gasteiger partial charge in [0.05, 0.1) is 0 Å². The van der Waals surface area contributed by atoms with Gasteiger partial charge < -0.3 is 9.47 Å². The molecule has 1 aromatic carbocycles. The van der Waals surface area contributed by atoms with Crippen LogP contribution < -0.4 is 4.74 Å². The lowest BCUT2D eigenvalue weighted by Gasteiger charge is -2.04. The SMILES string of the molecule is Cc1ccc(OCOCC#CI)cc1. The molecule has 3 heteroatoms. The third-order valence-electron chi connectivity index (χ3n) is 1.57. The van der Waals surface area contributed by atoms with Crippen LogP contribution in [0, 0.1) is 16.8 Å². The Kier molecular flexibility index (Phi) is 5.42. The van der Waals surface area contributed by atoms with E-state index < -0.39 is 0 Å². The van der Waals surface area contributed by atoms with Crippen molar-refractivity contribution in [3.05, 3.63) is 29.8 Å². The van der Waals surface area contributed by atoms with Gasteiger partial charge in [-0.3, -0.25) is 0 Å². The molecule has 0 amide bonds. The molecule has 0 bridgehead atoms. The summed E-state index contributed by atoms with van der Waals surface area (Å²) in [7, 11) is 0. The van der Waals surface area contributed by atoms with Crippen LogP contribution in [0.3, 0.4) is 0 Å². The van der Waals surface area contributed by atoms with Crippen molar-refractivity contribution in [2.75, 3.05) is 13.4 Å². The predicted octanol–water partition coefficient (Wildman–Crippen LogP) is 2.74. The summed E-state index contributed by atoms with van der Waals surface area (Å²) in [5.41, 5.74) is 1.22. The molecule has 0 radical (unpaired) electrons. The van der Waals surface area contributed by atoms with E-state index in [1.807, 2.05) is 53.8 Å². The maximum absolute atomic E-state index is 5.32. The molecule has 1 rings (SSSR count). The van der Waals surface area contributed by atoms with E-state index >= 15 is 0 Å². The van der Waals surface area contributed by atoms with E-state index in [2.05, 4.69) is 9.85 Å². The average molecular weight is 302 g/mol. The van der Waals surface area contributed by atoms with Gasteiger partial charge in [0.2, 0.25) is 0 Å². The fourth-order valence-electron chi connectivity index (χ4n) is 0.864. The Bertz CT molecular complexity index is 321. The molecule has 0 N–H and O–H groups in total. The van der Waals surface area contributed by atoms with Crippen LogP contribution in [0.2, 0.25) is 0 Å². The number of halogens is 1. The topological polar surface area (TPSA) is 18.5 Å². The smallest absolute Gasteiger partial charge is 0.190 e. The lowest BCUT2D eigenvalue weighted by molar-refractivity contribution is 0.0333. The zero-order chi connectivity index (χ0) is 10.2. The van der Waals surface area contributed by atoms with Gasteiger partial charge in [0.25, 0.3) is 0 Å². The Morgan fingerprint density at radius 1 is 1.29 bits per heavy atom. The average Bonchev–Trinajstić information content (AvgIpc) is 2.21. The predicted molar refractivity (Wildman–Crippen MR) is 64.4 cm³/mol. The summed E-state index contributed by atoms with van der Waals surface area (Å²) in [6, 6.07) is 7.84. The molecule has 0 heterocycles. The van der Waals surface area contributed by atoms with E-state index in [4.69, 9.17) is 9.47 Å². The van der Waals surface area contributed by atoms with Crippen LogP contribution in [-0.4, -0.2) is 13.4 Å². The summed E-state index contributed by atoms with van der Waals surface area (Å²) < 4.78 is 13.1. The Labute approximate surface area is 97.7 Å². The van der Waals surface area contributed by atoms with Gasteiger partial charge in [-0.25, -0.2) is 0 Å². The molecule has 0 aliphatic rings. The highest BCUT2D eigenvalue weighted by atomic mass is 127. The van der Waals surface area contributed by atoms with Crippen molar-refractivity contribution in [1.82, 2.24) is 0 Å². The van der Waals surface area contributed by atoms with Crippen molar-refractivity contribution in [3.8, 4) is 15.6 Å². The van der Waals surface area contributed by atoms with E-state index in [0.29, 0.717) is 6.61 Å². The first-order valence-electron chi connectivity index (χ1n) is 4.18. The van der Waals surface area contributed by atoms with Gasteiger partial charge in [-0.2, -0.15) is 0 Å². The van der Waals surface area contributed by atoms with Gasteiger partial charge in [0.1, 0.15) is 12.4 Å². The molecule has 1 aromatic rings. The number of aryl methyl sites for hydroxylation is 1. The minimum absolute atomic E-state index is 0.244. The lowest BCUT2D eigenvalue weighted by Crippen LogP contribution is -2.02. The largest absolute Gasteiger partial charge is 0.468 e. The zero-order valence-corrected chi connectivity index (χ0v) is 10.1. The molecule has 74 valence electrons. The number of hydrogen-bond acceptors (Lipinski definition) is 2. The highest BCUT2D eigenvalue weighted by Crippen LogP contribution is 2.10. The maximum Gasteiger partial charge on any atom is 0.190 e. The fraction of sp³-hybridized carbons (Fsp3) is 0.273. The van der Waals surface area contributed by atoms with E-state index in [0.717, 1.165) is 5.75 Å². The van der Waals surface area contributed by atoms with E-state index in [1.54, 1.807) is 0 Å². The molecular weight excluding hydrogens is 291 g/mol. The Morgan fingerprint density at radius 2 is 2.00 bits per heavy atom. The van der Waals surface area contributed by atoms with Crippen molar-refractivity contribution in [3.63, 3.8) is 0 Å². The standard InChI is InChI=1S/C11H11IO2/c1-10-3-5-11(6-4-10)14-9-13-8-2-7-12/h3-6H,8-9H2,1H3. The van der Waals surface area contributed by atoms with Gasteiger partial charge in [0.15, 0.2) is 6.79 Å². The van der Waals surface area contributed by atoms with Crippen LogP contribution >= 0.6 is 22.6 Å². The third kappa shape index (κ3) is 4.49. The molecule has 0 saturated carbocycles. The van der Waals surface area contributed by atoms with Crippen LogP contribution in [0.25, 0.3) is 0 Å². The van der Waals surface area contributed by atoms with Crippen molar-refractivity contribution in [2.45, 2.75) is 6.92 Å². The maximum atomic E-state index is 5.32. The second-order valence-corrected chi connectivity index (χ2v) is 3.23. The second kappa shape index (κ2) is 6.68. The van der Waals surface area contributed by atoms with Crippen molar-refractivity contribution in [1.29, 1.82) is 0 Å². The molecule has 0 unspecified atom stereocenters. The van der Waals surface area contributed by atoms with Crippen molar-refractivity contribution < 1.29 is 9.47 Å². The lowest BCUT2D eigenvalue weighted by atomic mass is 10.2. The molecule has 0 fully saturated rings. The molecule has 2 nitrogen and oxygen atoms in total. The molecule has 0 aliphatic carbocycles. The highest BCUT2D eigenvalue weighted by molar-refractivity contribution is 14.1. The summed E-state index contributed by atoms with van der Waals surface area (Å²) in [6.07, 6.45) is 0. The van der Waals surface area contributed by atoms with Gasteiger partial charge in [0, 0.05) is 22.6 Å². The fourth-order valence-corrected chi connectivity index (χ4v) is 1.02. The number of hydrogen-bond donors (Lipinski definition) is 0. The Morgan fingerprint density at radius 3 is 2.64 bits per heavy atom. The van der Waals surface area contributed by atoms with E-state index in [9.17, 15) is 0 Å². The Balaban J connectivity index is 2.23. The van der Waals surface area contributed by atoms with Crippen molar-refractivity contribution >= 4 is 22.6 Å². The monoisotopic (exact) mass is 302 g/mol. The minimum Gasteiger partial charge on any atom is -0.468 e. The second-order valence-electron chi connectivity index (χ2n) is 2.69. The zero-order valence-electron chi connectivity index (χ0n) is 7.92. The van der Waals surface area contributed by atoms with Crippen molar-refractivity contribution in [2.24, 2.45) is 0 Å². The van der Waals surface area contributed by atoms with Gasteiger partial charge in [-0.1, -0.05) is 23.6 Å². The summed E-state index contributed by atoms with van der Waals surface area (Å²) in [5.74, 6) is 3.60. The molecule has 0 aliphatic heterocycles. The minimum atomic E-state index is 0.244. The van der Waals surface area contributed by atoms with Crippen LogP contribution in [0.15, 0.2) is 24.3 Å². The van der Waals surface area contributed by atoms with Crippen LogP contribution in [0.4, 0.5) is 0 Å². The molecule has 0 saturated heterocycles. The number of rotatable bonds is 4. The summed E-state index contributed by atoms with van der Waals surface area (Å²) >= 11 is 1.97. The van der Waals surface area contributed by atoms with Crippen LogP contribution in [0.5, 0.6) is 5.75 Å². The van der Waals surface area contributed by atoms with Gasteiger partial charge in [-0.05, 0) is 23.0 Å². The van der Waals surface area contributed by atoms with Crippen LogP contribution in [-0.2, 0) is 4.74 Å². The molecule has 0 aromatic heterocycles. The number of benzene rings is 1. The van der Waals surface area contributed by atoms with E-state index in [1.165, 1.54) is 5.56 Å². The van der Waals surface area contributed by atoms with Crippen LogP contribution in [0.1, 0.15) is 5.56 Å². The third-order valence-corrected chi connectivity index (χ3v) is 1.95. The first kappa shape index (κ1) is 11.3. The molecule has 0 atom stereocenters.